The van der Waals surface area contributed by atoms with E-state index in [4.69, 9.17) is 0 Å². The number of carbonyl (C=O) groups is 1. The van der Waals surface area contributed by atoms with E-state index in [1.165, 1.54) is 24.3 Å². The summed E-state index contributed by atoms with van der Waals surface area (Å²) in [6.07, 6.45) is 5.52. The highest BCUT2D eigenvalue weighted by Gasteiger charge is 2.22. The highest BCUT2D eigenvalue weighted by atomic mass is 19.1. The molecule has 0 unspecified atom stereocenters. The maximum Gasteiger partial charge on any atom is 0.178 e. The number of allylic oxidation sites excluding steroid dienone is 4. The van der Waals surface area contributed by atoms with Crippen LogP contribution in [0.25, 0.3) is 0 Å². The molecule has 0 heterocycles. The van der Waals surface area contributed by atoms with Gasteiger partial charge in [-0.15, -0.1) is 0 Å². The smallest absolute Gasteiger partial charge is 0.178 e. The first-order valence-corrected chi connectivity index (χ1v) is 3.28. The molecule has 0 amide bonds. The summed E-state index contributed by atoms with van der Waals surface area (Å²) in [5.74, 6) is -0.137. The fourth-order valence-corrected chi connectivity index (χ4v) is 0.788. The topological polar surface area (TPSA) is 17.1 Å². The van der Waals surface area contributed by atoms with Crippen LogP contribution in [0, 0.1) is 0 Å². The zero-order chi connectivity index (χ0) is 7.61. The largest absolute Gasteiger partial charge is 0.290 e. The van der Waals surface area contributed by atoms with E-state index in [0.717, 1.165) is 0 Å². The quantitative estimate of drug-likeness (QED) is 0.542. The molecule has 0 bridgehead atoms. The molecule has 2 heteroatoms. The van der Waals surface area contributed by atoms with Gasteiger partial charge in [0.2, 0.25) is 0 Å². The summed E-state index contributed by atoms with van der Waals surface area (Å²) in [7, 11) is 0. The Bertz CT molecular complexity index is 187. The van der Waals surface area contributed by atoms with Gasteiger partial charge in [0.15, 0.2) is 5.78 Å². The van der Waals surface area contributed by atoms with Crippen molar-refractivity contribution in [3.8, 4) is 0 Å². The number of halogens is 1. The molecule has 0 radical (unpaired) electrons. The molecule has 0 aromatic rings. The highest BCUT2D eigenvalue weighted by molar-refractivity contribution is 6.00. The lowest BCUT2D eigenvalue weighted by Crippen LogP contribution is -2.18. The Balaban J connectivity index is 2.78. The number of hydrogen-bond acceptors (Lipinski definition) is 1. The van der Waals surface area contributed by atoms with Crippen LogP contribution in [0.15, 0.2) is 24.3 Å². The summed E-state index contributed by atoms with van der Waals surface area (Å²) >= 11 is 0. The van der Waals surface area contributed by atoms with Crippen LogP contribution in [-0.4, -0.2) is 11.5 Å². The van der Waals surface area contributed by atoms with Gasteiger partial charge in [-0.25, -0.2) is 4.39 Å². The zero-order valence-corrected chi connectivity index (χ0v) is 5.80. The van der Waals surface area contributed by atoms with Gasteiger partial charge < -0.3 is 0 Å². The third-order valence-electron chi connectivity index (χ3n) is 1.59. The maximum atomic E-state index is 13.1. The molecule has 0 N–H and O–H groups in total. The van der Waals surface area contributed by atoms with E-state index in [9.17, 15) is 9.18 Å². The van der Waals surface area contributed by atoms with Crippen LogP contribution in [-0.2, 0) is 4.79 Å². The van der Waals surface area contributed by atoms with Crippen molar-refractivity contribution in [2.45, 2.75) is 19.0 Å². The SMILES string of the molecule is CCC1(F)C=CC(=O)C=C1. The summed E-state index contributed by atoms with van der Waals surface area (Å²) < 4.78 is 13.1. The maximum absolute atomic E-state index is 13.1. The molecule has 0 aromatic heterocycles. The van der Waals surface area contributed by atoms with E-state index in [1.54, 1.807) is 6.92 Å². The van der Waals surface area contributed by atoms with E-state index >= 15 is 0 Å². The second-order valence-corrected chi connectivity index (χ2v) is 2.35. The summed E-state index contributed by atoms with van der Waals surface area (Å²) in [4.78, 5) is 10.5. The minimum absolute atomic E-state index is 0.137. The molecular weight excluding hydrogens is 131 g/mol. The third kappa shape index (κ3) is 1.32. The molecule has 0 fully saturated rings. The number of ketones is 1. The zero-order valence-electron chi connectivity index (χ0n) is 5.80. The van der Waals surface area contributed by atoms with Crippen molar-refractivity contribution in [1.82, 2.24) is 0 Å². The molecule has 1 aliphatic carbocycles. The van der Waals surface area contributed by atoms with Crippen LogP contribution in [0.4, 0.5) is 4.39 Å². The van der Waals surface area contributed by atoms with E-state index in [-0.39, 0.29) is 5.78 Å². The van der Waals surface area contributed by atoms with Crippen molar-refractivity contribution >= 4 is 5.78 Å². The first kappa shape index (κ1) is 7.19. The van der Waals surface area contributed by atoms with Crippen molar-refractivity contribution < 1.29 is 9.18 Å². The molecule has 0 aromatic carbocycles. The van der Waals surface area contributed by atoms with Gasteiger partial charge in [-0.3, -0.25) is 4.79 Å². The van der Waals surface area contributed by atoms with Crippen molar-refractivity contribution in [3.05, 3.63) is 24.3 Å². The summed E-state index contributed by atoms with van der Waals surface area (Å²) in [6, 6.07) is 0. The van der Waals surface area contributed by atoms with Gasteiger partial charge in [0, 0.05) is 0 Å². The Labute approximate surface area is 59.2 Å². The molecule has 0 saturated heterocycles. The lowest BCUT2D eigenvalue weighted by atomic mass is 9.97. The van der Waals surface area contributed by atoms with Gasteiger partial charge >= 0.3 is 0 Å². The number of hydrogen-bond donors (Lipinski definition) is 0. The molecule has 0 saturated carbocycles. The summed E-state index contributed by atoms with van der Waals surface area (Å²) in [6.45, 7) is 1.74. The van der Waals surface area contributed by atoms with Gasteiger partial charge in [0.25, 0.3) is 0 Å². The van der Waals surface area contributed by atoms with E-state index in [2.05, 4.69) is 0 Å². The standard InChI is InChI=1S/C8H9FO/c1-2-8(9)5-3-7(10)4-6-8/h3-6H,2H2,1H3. The molecule has 54 valence electrons. The average molecular weight is 140 g/mol. The number of rotatable bonds is 1. The predicted octanol–water partition coefficient (Wildman–Crippen LogP) is 1.80. The van der Waals surface area contributed by atoms with E-state index in [1.807, 2.05) is 0 Å². The molecule has 0 spiro atoms. The van der Waals surface area contributed by atoms with Gasteiger partial charge in [-0.05, 0) is 30.7 Å². The molecular formula is C8H9FO. The van der Waals surface area contributed by atoms with Gasteiger partial charge in [0.1, 0.15) is 5.67 Å². The minimum Gasteiger partial charge on any atom is -0.290 e. The van der Waals surface area contributed by atoms with Crippen molar-refractivity contribution in [2.24, 2.45) is 0 Å². The minimum atomic E-state index is -1.38. The fourth-order valence-electron chi connectivity index (χ4n) is 0.788. The highest BCUT2D eigenvalue weighted by Crippen LogP contribution is 2.22. The van der Waals surface area contributed by atoms with Gasteiger partial charge in [-0.1, -0.05) is 6.92 Å². The van der Waals surface area contributed by atoms with E-state index < -0.39 is 5.67 Å². The average Bonchev–Trinajstić information content (AvgIpc) is 1.96. The number of alkyl halides is 1. The molecule has 1 nitrogen and oxygen atoms in total. The lowest BCUT2D eigenvalue weighted by Gasteiger charge is -2.16. The molecule has 10 heavy (non-hydrogen) atoms. The lowest BCUT2D eigenvalue weighted by molar-refractivity contribution is -0.110. The van der Waals surface area contributed by atoms with Gasteiger partial charge in [0.05, 0.1) is 0 Å². The van der Waals surface area contributed by atoms with Crippen molar-refractivity contribution in [1.29, 1.82) is 0 Å². The number of carbonyl (C=O) groups excluding carboxylic acids is 1. The Morgan fingerprint density at radius 1 is 1.50 bits per heavy atom. The Morgan fingerprint density at radius 3 is 2.40 bits per heavy atom. The van der Waals surface area contributed by atoms with Crippen LogP contribution in [0.3, 0.4) is 0 Å². The van der Waals surface area contributed by atoms with Crippen LogP contribution in [0.5, 0.6) is 0 Å². The first-order chi connectivity index (χ1) is 4.66. The second kappa shape index (κ2) is 2.37. The van der Waals surface area contributed by atoms with Crippen LogP contribution < -0.4 is 0 Å². The van der Waals surface area contributed by atoms with Crippen LogP contribution in [0.1, 0.15) is 13.3 Å². The monoisotopic (exact) mass is 140 g/mol. The molecule has 1 rings (SSSR count). The van der Waals surface area contributed by atoms with Crippen molar-refractivity contribution in [2.75, 3.05) is 0 Å². The third-order valence-corrected chi connectivity index (χ3v) is 1.59. The normalized spacial score (nSPS) is 21.6. The fraction of sp³-hybridized carbons (Fsp3) is 0.375. The molecule has 1 aliphatic rings. The Morgan fingerprint density at radius 2 is 2.00 bits per heavy atom. The first-order valence-electron chi connectivity index (χ1n) is 3.28. The second-order valence-electron chi connectivity index (χ2n) is 2.35. The van der Waals surface area contributed by atoms with Crippen LogP contribution >= 0.6 is 0 Å². The summed E-state index contributed by atoms with van der Waals surface area (Å²) in [5.41, 5.74) is -1.38. The van der Waals surface area contributed by atoms with E-state index in [0.29, 0.717) is 6.42 Å². The Kier molecular flexibility index (Phi) is 1.70. The van der Waals surface area contributed by atoms with Crippen molar-refractivity contribution in [3.63, 3.8) is 0 Å². The van der Waals surface area contributed by atoms with Gasteiger partial charge in [-0.2, -0.15) is 0 Å². The molecule has 0 atom stereocenters. The molecule has 0 aliphatic heterocycles. The summed E-state index contributed by atoms with van der Waals surface area (Å²) in [5, 5.41) is 0. The Hall–Kier alpha value is -0.920. The van der Waals surface area contributed by atoms with Crippen LogP contribution in [0.2, 0.25) is 0 Å². The predicted molar refractivity (Wildman–Crippen MR) is 37.4 cm³/mol.